The standard InChI is InChI=1S/C16H17NO3/c1-10-15(18)14-12(9-20-16(14)19-2)13(17-10)8-11-6-4-3-5-7-11/h3-7,16,18H,8-9H2,1-2H3. The van der Waals surface area contributed by atoms with E-state index in [0.717, 1.165) is 23.2 Å². The monoisotopic (exact) mass is 271 g/mol. The Hall–Kier alpha value is -1.91. The lowest BCUT2D eigenvalue weighted by atomic mass is 10.0. The predicted molar refractivity (Wildman–Crippen MR) is 74.4 cm³/mol. The van der Waals surface area contributed by atoms with Crippen molar-refractivity contribution < 1.29 is 14.6 Å². The molecule has 104 valence electrons. The molecule has 0 saturated heterocycles. The first-order valence-electron chi connectivity index (χ1n) is 6.60. The second-order valence-corrected chi connectivity index (χ2v) is 4.93. The van der Waals surface area contributed by atoms with E-state index in [1.165, 1.54) is 5.56 Å². The molecule has 1 aromatic carbocycles. The van der Waals surface area contributed by atoms with Crippen molar-refractivity contribution in [2.24, 2.45) is 0 Å². The average Bonchev–Trinajstić information content (AvgIpc) is 2.90. The SMILES string of the molecule is COC1OCc2c(Cc3ccccc3)nc(C)c(O)c21. The molecular formula is C16H17NO3. The summed E-state index contributed by atoms with van der Waals surface area (Å²) in [6, 6.07) is 10.2. The van der Waals surface area contributed by atoms with Gasteiger partial charge in [0.25, 0.3) is 0 Å². The van der Waals surface area contributed by atoms with E-state index in [4.69, 9.17) is 9.47 Å². The van der Waals surface area contributed by atoms with Gasteiger partial charge in [0.15, 0.2) is 6.29 Å². The summed E-state index contributed by atoms with van der Waals surface area (Å²) in [4.78, 5) is 4.52. The lowest BCUT2D eigenvalue weighted by molar-refractivity contribution is -0.118. The van der Waals surface area contributed by atoms with Crippen molar-refractivity contribution in [3.05, 3.63) is 58.4 Å². The van der Waals surface area contributed by atoms with Gasteiger partial charge < -0.3 is 14.6 Å². The van der Waals surface area contributed by atoms with Gasteiger partial charge in [0.1, 0.15) is 5.75 Å². The Labute approximate surface area is 118 Å². The summed E-state index contributed by atoms with van der Waals surface area (Å²) in [5.41, 5.74) is 4.42. The lowest BCUT2D eigenvalue weighted by Gasteiger charge is -2.13. The van der Waals surface area contributed by atoms with Gasteiger partial charge in [-0.15, -0.1) is 0 Å². The summed E-state index contributed by atoms with van der Waals surface area (Å²) in [7, 11) is 1.58. The van der Waals surface area contributed by atoms with Crippen LogP contribution in [0.5, 0.6) is 5.75 Å². The Morgan fingerprint density at radius 1 is 1.35 bits per heavy atom. The maximum atomic E-state index is 10.2. The number of aromatic hydroxyl groups is 1. The van der Waals surface area contributed by atoms with Crippen LogP contribution in [-0.2, 0) is 22.5 Å². The number of methoxy groups -OCH3 is 1. The molecule has 4 heteroatoms. The molecule has 0 amide bonds. The van der Waals surface area contributed by atoms with Crippen molar-refractivity contribution in [3.8, 4) is 5.75 Å². The number of rotatable bonds is 3. The van der Waals surface area contributed by atoms with E-state index in [1.54, 1.807) is 14.0 Å². The van der Waals surface area contributed by atoms with Crippen molar-refractivity contribution in [2.45, 2.75) is 26.2 Å². The van der Waals surface area contributed by atoms with Gasteiger partial charge in [0.05, 0.1) is 23.6 Å². The molecule has 0 bridgehead atoms. The highest BCUT2D eigenvalue weighted by atomic mass is 16.7. The zero-order valence-electron chi connectivity index (χ0n) is 11.6. The third-order valence-electron chi connectivity index (χ3n) is 3.62. The zero-order chi connectivity index (χ0) is 14.1. The van der Waals surface area contributed by atoms with Gasteiger partial charge >= 0.3 is 0 Å². The average molecular weight is 271 g/mol. The first-order valence-corrected chi connectivity index (χ1v) is 6.60. The Bertz CT molecular complexity index is 625. The van der Waals surface area contributed by atoms with Gasteiger partial charge in [-0.3, -0.25) is 4.98 Å². The van der Waals surface area contributed by atoms with Crippen LogP contribution >= 0.6 is 0 Å². The van der Waals surface area contributed by atoms with E-state index in [1.807, 2.05) is 18.2 Å². The first-order chi connectivity index (χ1) is 9.70. The number of hydrogen-bond donors (Lipinski definition) is 1. The Morgan fingerprint density at radius 3 is 2.80 bits per heavy atom. The highest BCUT2D eigenvalue weighted by molar-refractivity contribution is 5.47. The fourth-order valence-electron chi connectivity index (χ4n) is 2.59. The number of aromatic nitrogens is 1. The number of fused-ring (bicyclic) bond motifs is 1. The van der Waals surface area contributed by atoms with Crippen molar-refractivity contribution in [3.63, 3.8) is 0 Å². The molecule has 1 unspecified atom stereocenters. The number of hydrogen-bond acceptors (Lipinski definition) is 4. The minimum absolute atomic E-state index is 0.182. The second-order valence-electron chi connectivity index (χ2n) is 4.93. The van der Waals surface area contributed by atoms with Crippen LogP contribution in [0, 0.1) is 6.92 Å². The van der Waals surface area contributed by atoms with E-state index in [-0.39, 0.29) is 5.75 Å². The van der Waals surface area contributed by atoms with E-state index in [2.05, 4.69) is 17.1 Å². The molecule has 4 nitrogen and oxygen atoms in total. The summed E-state index contributed by atoms with van der Waals surface area (Å²) in [5, 5.41) is 10.2. The summed E-state index contributed by atoms with van der Waals surface area (Å²) in [6.45, 7) is 2.23. The summed E-state index contributed by atoms with van der Waals surface area (Å²) >= 11 is 0. The quantitative estimate of drug-likeness (QED) is 0.932. The van der Waals surface area contributed by atoms with E-state index >= 15 is 0 Å². The molecule has 0 radical (unpaired) electrons. The number of pyridine rings is 1. The molecule has 1 aromatic heterocycles. The summed E-state index contributed by atoms with van der Waals surface area (Å²) in [5.74, 6) is 0.182. The van der Waals surface area contributed by atoms with Crippen LogP contribution in [0.1, 0.15) is 34.4 Å². The number of benzene rings is 1. The number of aryl methyl sites for hydroxylation is 1. The van der Waals surface area contributed by atoms with Crippen LogP contribution in [0.15, 0.2) is 30.3 Å². The van der Waals surface area contributed by atoms with Gasteiger partial charge in [-0.25, -0.2) is 0 Å². The smallest absolute Gasteiger partial charge is 0.187 e. The molecule has 3 rings (SSSR count). The van der Waals surface area contributed by atoms with Crippen LogP contribution in [0.3, 0.4) is 0 Å². The highest BCUT2D eigenvalue weighted by Crippen LogP contribution is 2.40. The van der Waals surface area contributed by atoms with Crippen molar-refractivity contribution in [1.82, 2.24) is 4.98 Å². The van der Waals surface area contributed by atoms with Gasteiger partial charge in [-0.2, -0.15) is 0 Å². The number of ether oxygens (including phenoxy) is 2. The zero-order valence-corrected chi connectivity index (χ0v) is 11.6. The van der Waals surface area contributed by atoms with Crippen LogP contribution in [0.2, 0.25) is 0 Å². The van der Waals surface area contributed by atoms with Gasteiger partial charge in [0.2, 0.25) is 0 Å². The molecule has 1 aliphatic rings. The van der Waals surface area contributed by atoms with Crippen molar-refractivity contribution >= 4 is 0 Å². The molecule has 20 heavy (non-hydrogen) atoms. The summed E-state index contributed by atoms with van der Waals surface area (Å²) in [6.07, 6.45) is 0.227. The first kappa shape index (κ1) is 13.1. The molecule has 0 saturated carbocycles. The Morgan fingerprint density at radius 2 is 2.10 bits per heavy atom. The van der Waals surface area contributed by atoms with Gasteiger partial charge in [-0.05, 0) is 12.5 Å². The van der Waals surface area contributed by atoms with Crippen LogP contribution in [-0.4, -0.2) is 17.2 Å². The summed E-state index contributed by atoms with van der Waals surface area (Å²) < 4.78 is 10.8. The lowest BCUT2D eigenvalue weighted by Crippen LogP contribution is -2.04. The van der Waals surface area contributed by atoms with E-state index in [0.29, 0.717) is 12.3 Å². The minimum Gasteiger partial charge on any atom is -0.506 e. The molecule has 0 spiro atoms. The molecule has 1 N–H and O–H groups in total. The maximum absolute atomic E-state index is 10.2. The maximum Gasteiger partial charge on any atom is 0.187 e. The van der Waals surface area contributed by atoms with Gasteiger partial charge in [-0.1, -0.05) is 30.3 Å². The molecular weight excluding hydrogens is 254 g/mol. The molecule has 2 aromatic rings. The highest BCUT2D eigenvalue weighted by Gasteiger charge is 2.30. The molecule has 0 fully saturated rings. The number of nitrogens with zero attached hydrogens (tertiary/aromatic N) is 1. The molecule has 1 aliphatic heterocycles. The van der Waals surface area contributed by atoms with Crippen LogP contribution in [0.4, 0.5) is 0 Å². The Kier molecular flexibility index (Phi) is 3.42. The normalized spacial score (nSPS) is 17.2. The van der Waals surface area contributed by atoms with E-state index < -0.39 is 6.29 Å². The largest absolute Gasteiger partial charge is 0.506 e. The molecule has 2 heterocycles. The van der Waals surface area contributed by atoms with Crippen LogP contribution in [0.25, 0.3) is 0 Å². The van der Waals surface area contributed by atoms with Crippen molar-refractivity contribution in [2.75, 3.05) is 7.11 Å². The van der Waals surface area contributed by atoms with Crippen molar-refractivity contribution in [1.29, 1.82) is 0 Å². The van der Waals surface area contributed by atoms with E-state index in [9.17, 15) is 5.11 Å². The van der Waals surface area contributed by atoms with Crippen LogP contribution < -0.4 is 0 Å². The predicted octanol–water partition coefficient (Wildman–Crippen LogP) is 2.86. The Balaban J connectivity index is 2.05. The fourth-order valence-corrected chi connectivity index (χ4v) is 2.59. The topological polar surface area (TPSA) is 51.6 Å². The second kappa shape index (κ2) is 5.23. The fraction of sp³-hybridized carbons (Fsp3) is 0.312. The molecule has 0 aliphatic carbocycles. The minimum atomic E-state index is -0.499. The third kappa shape index (κ3) is 2.17. The third-order valence-corrected chi connectivity index (χ3v) is 3.62. The van der Waals surface area contributed by atoms with Gasteiger partial charge in [0, 0.05) is 19.1 Å². The molecule has 1 atom stereocenters.